The van der Waals surface area contributed by atoms with Crippen LogP contribution in [0.2, 0.25) is 0 Å². The van der Waals surface area contributed by atoms with Gasteiger partial charge in [-0.05, 0) is 19.4 Å². The summed E-state index contributed by atoms with van der Waals surface area (Å²) in [6.07, 6.45) is -0.0783. The lowest BCUT2D eigenvalue weighted by Crippen LogP contribution is -2.28. The standard InChI is InChI=1S/C15H20N2O3/c1-10-14(12-5-3-4-6-13(12)17-10)15(19)16-8-7-11(18)9-20-2/h3-6,11,17-18H,7-9H2,1-2H3,(H,16,19). The number of hydrogen-bond donors (Lipinski definition) is 3. The van der Waals surface area contributed by atoms with Crippen molar-refractivity contribution < 1.29 is 14.6 Å². The van der Waals surface area contributed by atoms with E-state index in [-0.39, 0.29) is 12.5 Å². The van der Waals surface area contributed by atoms with Gasteiger partial charge < -0.3 is 20.1 Å². The zero-order chi connectivity index (χ0) is 14.5. The minimum Gasteiger partial charge on any atom is -0.391 e. The molecule has 5 nitrogen and oxygen atoms in total. The molecule has 1 aromatic carbocycles. The first kappa shape index (κ1) is 14.6. The van der Waals surface area contributed by atoms with E-state index in [0.29, 0.717) is 18.5 Å². The monoisotopic (exact) mass is 276 g/mol. The van der Waals surface area contributed by atoms with Gasteiger partial charge in [0.05, 0.1) is 18.3 Å². The van der Waals surface area contributed by atoms with Gasteiger partial charge in [0, 0.05) is 30.3 Å². The highest BCUT2D eigenvalue weighted by atomic mass is 16.5. The van der Waals surface area contributed by atoms with Crippen LogP contribution in [-0.2, 0) is 4.74 Å². The zero-order valence-electron chi connectivity index (χ0n) is 11.8. The Bertz CT molecular complexity index is 592. The number of aliphatic hydroxyl groups is 1. The molecule has 0 aliphatic heterocycles. The highest BCUT2D eigenvalue weighted by Gasteiger charge is 2.15. The molecule has 0 spiro atoms. The molecule has 108 valence electrons. The summed E-state index contributed by atoms with van der Waals surface area (Å²) >= 11 is 0. The first-order chi connectivity index (χ1) is 9.63. The van der Waals surface area contributed by atoms with Crippen molar-refractivity contribution in [2.24, 2.45) is 0 Å². The minimum absolute atomic E-state index is 0.121. The average Bonchev–Trinajstić information content (AvgIpc) is 2.74. The first-order valence-corrected chi connectivity index (χ1v) is 6.66. The summed E-state index contributed by atoms with van der Waals surface area (Å²) in [6, 6.07) is 7.71. The van der Waals surface area contributed by atoms with Gasteiger partial charge in [0.25, 0.3) is 5.91 Å². The number of nitrogens with one attached hydrogen (secondary N) is 2. The number of aliphatic hydroxyl groups excluding tert-OH is 1. The van der Waals surface area contributed by atoms with Crippen LogP contribution in [0.4, 0.5) is 0 Å². The van der Waals surface area contributed by atoms with E-state index in [2.05, 4.69) is 10.3 Å². The zero-order valence-corrected chi connectivity index (χ0v) is 11.8. The lowest BCUT2D eigenvalue weighted by atomic mass is 10.1. The van der Waals surface area contributed by atoms with Crippen LogP contribution in [-0.4, -0.2) is 42.4 Å². The molecule has 0 saturated heterocycles. The molecule has 0 radical (unpaired) electrons. The molecule has 1 amide bonds. The number of rotatable bonds is 6. The maximum absolute atomic E-state index is 12.2. The van der Waals surface area contributed by atoms with Crippen molar-refractivity contribution in [2.75, 3.05) is 20.3 Å². The van der Waals surface area contributed by atoms with Crippen molar-refractivity contribution in [3.05, 3.63) is 35.5 Å². The number of carbonyl (C=O) groups is 1. The molecule has 20 heavy (non-hydrogen) atoms. The summed E-state index contributed by atoms with van der Waals surface area (Å²) in [5.41, 5.74) is 2.47. The fraction of sp³-hybridized carbons (Fsp3) is 0.400. The van der Waals surface area contributed by atoms with E-state index in [1.54, 1.807) is 0 Å². The number of carbonyl (C=O) groups excluding carboxylic acids is 1. The third kappa shape index (κ3) is 3.18. The molecule has 1 atom stereocenters. The molecule has 1 unspecified atom stereocenters. The first-order valence-electron chi connectivity index (χ1n) is 6.66. The van der Waals surface area contributed by atoms with Gasteiger partial charge in [-0.25, -0.2) is 0 Å². The maximum Gasteiger partial charge on any atom is 0.253 e. The second-order valence-corrected chi connectivity index (χ2v) is 4.82. The summed E-state index contributed by atoms with van der Waals surface area (Å²) in [5.74, 6) is -0.121. The van der Waals surface area contributed by atoms with E-state index in [1.807, 2.05) is 31.2 Å². The molecule has 0 bridgehead atoms. The van der Waals surface area contributed by atoms with Crippen LogP contribution >= 0.6 is 0 Å². The number of aryl methyl sites for hydroxylation is 1. The summed E-state index contributed by atoms with van der Waals surface area (Å²) in [7, 11) is 1.54. The molecular weight excluding hydrogens is 256 g/mol. The van der Waals surface area contributed by atoms with E-state index >= 15 is 0 Å². The Hall–Kier alpha value is -1.85. The molecule has 0 aliphatic carbocycles. The van der Waals surface area contributed by atoms with Crippen LogP contribution in [0.3, 0.4) is 0 Å². The topological polar surface area (TPSA) is 74.3 Å². The lowest BCUT2D eigenvalue weighted by molar-refractivity contribution is 0.0588. The number of aromatic nitrogens is 1. The van der Waals surface area contributed by atoms with E-state index in [4.69, 9.17) is 4.74 Å². The van der Waals surface area contributed by atoms with Crippen molar-refractivity contribution in [2.45, 2.75) is 19.4 Å². The summed E-state index contributed by atoms with van der Waals surface area (Å²) < 4.78 is 4.84. The number of benzene rings is 1. The fourth-order valence-electron chi connectivity index (χ4n) is 2.29. The van der Waals surface area contributed by atoms with Crippen molar-refractivity contribution >= 4 is 16.8 Å². The number of amides is 1. The molecule has 3 N–H and O–H groups in total. The predicted molar refractivity (Wildman–Crippen MR) is 77.9 cm³/mol. The van der Waals surface area contributed by atoms with Crippen LogP contribution in [0.15, 0.2) is 24.3 Å². The Morgan fingerprint density at radius 2 is 2.20 bits per heavy atom. The third-order valence-corrected chi connectivity index (χ3v) is 3.24. The van der Waals surface area contributed by atoms with Gasteiger partial charge in [0.2, 0.25) is 0 Å². The molecule has 0 aliphatic rings. The molecular formula is C15H20N2O3. The van der Waals surface area contributed by atoms with Gasteiger partial charge >= 0.3 is 0 Å². The Kier molecular flexibility index (Phi) is 4.76. The SMILES string of the molecule is COCC(O)CCNC(=O)c1c(C)[nH]c2ccccc12. The van der Waals surface area contributed by atoms with Crippen LogP contribution in [0.5, 0.6) is 0 Å². The van der Waals surface area contributed by atoms with Gasteiger partial charge in [0.15, 0.2) is 0 Å². The van der Waals surface area contributed by atoms with Crippen LogP contribution < -0.4 is 5.32 Å². The minimum atomic E-state index is -0.552. The van der Waals surface area contributed by atoms with Gasteiger partial charge in [-0.3, -0.25) is 4.79 Å². The second kappa shape index (κ2) is 6.54. The number of H-pyrrole nitrogens is 1. The summed E-state index contributed by atoms with van der Waals surface area (Å²) in [5, 5.41) is 13.3. The molecule has 5 heteroatoms. The van der Waals surface area contributed by atoms with Crippen LogP contribution in [0.25, 0.3) is 10.9 Å². The highest BCUT2D eigenvalue weighted by molar-refractivity contribution is 6.08. The van der Waals surface area contributed by atoms with Crippen molar-refractivity contribution in [1.82, 2.24) is 10.3 Å². The molecule has 0 saturated carbocycles. The smallest absolute Gasteiger partial charge is 0.253 e. The Balaban J connectivity index is 2.03. The third-order valence-electron chi connectivity index (χ3n) is 3.24. The molecule has 1 heterocycles. The Labute approximate surface area is 117 Å². The van der Waals surface area contributed by atoms with E-state index in [1.165, 1.54) is 7.11 Å². The fourth-order valence-corrected chi connectivity index (χ4v) is 2.29. The summed E-state index contributed by atoms with van der Waals surface area (Å²) in [6.45, 7) is 2.58. The molecule has 1 aromatic heterocycles. The largest absolute Gasteiger partial charge is 0.391 e. The highest BCUT2D eigenvalue weighted by Crippen LogP contribution is 2.21. The van der Waals surface area contributed by atoms with Crippen molar-refractivity contribution in [1.29, 1.82) is 0 Å². The van der Waals surface area contributed by atoms with Gasteiger partial charge in [0.1, 0.15) is 0 Å². The molecule has 0 fully saturated rings. The van der Waals surface area contributed by atoms with E-state index in [9.17, 15) is 9.90 Å². The number of ether oxygens (including phenoxy) is 1. The number of hydrogen-bond acceptors (Lipinski definition) is 3. The van der Waals surface area contributed by atoms with E-state index < -0.39 is 6.10 Å². The number of fused-ring (bicyclic) bond motifs is 1. The van der Waals surface area contributed by atoms with Gasteiger partial charge in [-0.1, -0.05) is 18.2 Å². The van der Waals surface area contributed by atoms with Crippen molar-refractivity contribution in [3.8, 4) is 0 Å². The lowest BCUT2D eigenvalue weighted by Gasteiger charge is -2.10. The van der Waals surface area contributed by atoms with E-state index in [0.717, 1.165) is 16.6 Å². The normalized spacial score (nSPS) is 12.6. The quantitative estimate of drug-likeness (QED) is 0.750. The van der Waals surface area contributed by atoms with Crippen molar-refractivity contribution in [3.63, 3.8) is 0 Å². The van der Waals surface area contributed by atoms with Crippen LogP contribution in [0.1, 0.15) is 22.5 Å². The number of methoxy groups -OCH3 is 1. The average molecular weight is 276 g/mol. The summed E-state index contributed by atoms with van der Waals surface area (Å²) in [4.78, 5) is 15.4. The predicted octanol–water partition coefficient (Wildman–Crippen LogP) is 1.60. The number of aromatic amines is 1. The Morgan fingerprint density at radius 3 is 2.95 bits per heavy atom. The molecule has 2 rings (SSSR count). The van der Waals surface area contributed by atoms with Gasteiger partial charge in [-0.15, -0.1) is 0 Å². The van der Waals surface area contributed by atoms with Crippen LogP contribution in [0, 0.1) is 6.92 Å². The number of para-hydroxylation sites is 1. The van der Waals surface area contributed by atoms with Gasteiger partial charge in [-0.2, -0.15) is 0 Å². The second-order valence-electron chi connectivity index (χ2n) is 4.82. The molecule has 2 aromatic rings. The maximum atomic E-state index is 12.2. The Morgan fingerprint density at radius 1 is 1.45 bits per heavy atom.